The van der Waals surface area contributed by atoms with Crippen LogP contribution in [0.4, 0.5) is 0 Å². The highest BCUT2D eigenvalue weighted by atomic mass is 16.5. The first-order valence-corrected chi connectivity index (χ1v) is 12.2. The van der Waals surface area contributed by atoms with Gasteiger partial charge >= 0.3 is 0 Å². The molecule has 3 aliphatic heterocycles. The van der Waals surface area contributed by atoms with Gasteiger partial charge in [-0.25, -0.2) is 0 Å². The summed E-state index contributed by atoms with van der Waals surface area (Å²) >= 11 is 0. The third-order valence-corrected chi connectivity index (χ3v) is 7.06. The molecule has 0 aliphatic carbocycles. The molecule has 1 unspecified atom stereocenters. The van der Waals surface area contributed by atoms with E-state index in [-0.39, 0.29) is 24.3 Å². The summed E-state index contributed by atoms with van der Waals surface area (Å²) in [6, 6.07) is 12.4. The summed E-state index contributed by atoms with van der Waals surface area (Å²) in [5, 5.41) is 5.78. The number of carbonyl (C=O) groups excluding carboxylic acids is 4. The van der Waals surface area contributed by atoms with E-state index in [1.807, 2.05) is 18.2 Å². The van der Waals surface area contributed by atoms with Crippen molar-refractivity contribution in [1.29, 1.82) is 0 Å². The Hall–Kier alpha value is -3.36. The lowest BCUT2D eigenvalue weighted by Crippen LogP contribution is -2.54. The minimum atomic E-state index is -0.958. The molecule has 3 heterocycles. The van der Waals surface area contributed by atoms with Gasteiger partial charge in [0.1, 0.15) is 6.04 Å². The van der Waals surface area contributed by atoms with Gasteiger partial charge in [0.25, 0.3) is 11.8 Å². The topological polar surface area (TPSA) is 105 Å². The van der Waals surface area contributed by atoms with Crippen LogP contribution < -0.4 is 10.6 Å². The Bertz CT molecular complexity index is 1170. The quantitative estimate of drug-likeness (QED) is 0.470. The molecule has 2 saturated heterocycles. The minimum absolute atomic E-state index is 0.103. The molecule has 5 rings (SSSR count). The van der Waals surface area contributed by atoms with Gasteiger partial charge in [-0.3, -0.25) is 29.4 Å². The number of carbonyl (C=O) groups is 4. The average molecular weight is 476 g/mol. The summed E-state index contributed by atoms with van der Waals surface area (Å²) in [5.41, 5.74) is 3.58. The fourth-order valence-electron chi connectivity index (χ4n) is 5.05. The SMILES string of the molecule is O=C1CCC(N2C(=O)c3ccc(-c4cccc(CCNCC5CCOCC5)c4)cc3C2=O)C(=O)N1. The molecule has 2 aromatic carbocycles. The van der Waals surface area contributed by atoms with Gasteiger partial charge in [-0.2, -0.15) is 0 Å². The van der Waals surface area contributed by atoms with Gasteiger partial charge in [0.2, 0.25) is 11.8 Å². The molecule has 1 atom stereocenters. The Kier molecular flexibility index (Phi) is 6.74. The number of nitrogens with zero attached hydrogens (tertiary/aromatic N) is 1. The smallest absolute Gasteiger partial charge is 0.262 e. The Morgan fingerprint density at radius 1 is 0.914 bits per heavy atom. The summed E-state index contributed by atoms with van der Waals surface area (Å²) in [7, 11) is 0. The average Bonchev–Trinajstić information content (AvgIpc) is 3.12. The Morgan fingerprint density at radius 2 is 1.69 bits per heavy atom. The highest BCUT2D eigenvalue weighted by Crippen LogP contribution is 2.31. The van der Waals surface area contributed by atoms with Crippen LogP contribution in [-0.2, 0) is 20.7 Å². The van der Waals surface area contributed by atoms with Gasteiger partial charge in [-0.15, -0.1) is 0 Å². The van der Waals surface area contributed by atoms with E-state index in [4.69, 9.17) is 4.74 Å². The van der Waals surface area contributed by atoms with Gasteiger partial charge in [0.15, 0.2) is 0 Å². The van der Waals surface area contributed by atoms with Crippen molar-refractivity contribution in [1.82, 2.24) is 15.5 Å². The second-order valence-corrected chi connectivity index (χ2v) is 9.42. The summed E-state index contributed by atoms with van der Waals surface area (Å²) in [6.45, 7) is 3.61. The van der Waals surface area contributed by atoms with E-state index in [2.05, 4.69) is 22.8 Å². The molecular formula is C27H29N3O5. The van der Waals surface area contributed by atoms with Crippen LogP contribution >= 0.6 is 0 Å². The molecule has 8 heteroatoms. The number of hydrogen-bond acceptors (Lipinski definition) is 6. The van der Waals surface area contributed by atoms with Crippen LogP contribution in [0.2, 0.25) is 0 Å². The predicted molar refractivity (Wildman–Crippen MR) is 129 cm³/mol. The van der Waals surface area contributed by atoms with Crippen LogP contribution in [0.25, 0.3) is 11.1 Å². The fourth-order valence-corrected chi connectivity index (χ4v) is 5.05. The molecule has 0 aromatic heterocycles. The van der Waals surface area contributed by atoms with Crippen LogP contribution in [0.5, 0.6) is 0 Å². The molecule has 8 nitrogen and oxygen atoms in total. The zero-order valence-corrected chi connectivity index (χ0v) is 19.5. The maximum atomic E-state index is 13.1. The van der Waals surface area contributed by atoms with Crippen LogP contribution in [0.3, 0.4) is 0 Å². The highest BCUT2D eigenvalue weighted by Gasteiger charge is 2.44. The predicted octanol–water partition coefficient (Wildman–Crippen LogP) is 2.31. The number of hydrogen-bond donors (Lipinski definition) is 2. The molecule has 4 amide bonds. The van der Waals surface area contributed by atoms with E-state index in [1.165, 1.54) is 5.56 Å². The highest BCUT2D eigenvalue weighted by molar-refractivity contribution is 6.23. The van der Waals surface area contributed by atoms with Crippen molar-refractivity contribution in [2.75, 3.05) is 26.3 Å². The van der Waals surface area contributed by atoms with Gasteiger partial charge in [-0.1, -0.05) is 30.3 Å². The van der Waals surface area contributed by atoms with Crippen molar-refractivity contribution in [3.8, 4) is 11.1 Å². The molecule has 0 saturated carbocycles. The summed E-state index contributed by atoms with van der Waals surface area (Å²) < 4.78 is 5.42. The second kappa shape index (κ2) is 10.1. The number of amides is 4. The van der Waals surface area contributed by atoms with E-state index in [0.29, 0.717) is 11.5 Å². The van der Waals surface area contributed by atoms with Crippen molar-refractivity contribution >= 4 is 23.6 Å². The third-order valence-electron chi connectivity index (χ3n) is 7.06. The van der Waals surface area contributed by atoms with E-state index in [1.54, 1.807) is 12.1 Å². The molecule has 0 spiro atoms. The fraction of sp³-hybridized carbons (Fsp3) is 0.407. The van der Waals surface area contributed by atoms with Crippen molar-refractivity contribution in [2.24, 2.45) is 5.92 Å². The molecule has 2 N–H and O–H groups in total. The first-order valence-electron chi connectivity index (χ1n) is 12.2. The third kappa shape index (κ3) is 4.90. The molecule has 182 valence electrons. The molecule has 2 aromatic rings. The van der Waals surface area contributed by atoms with Crippen LogP contribution in [-0.4, -0.2) is 60.9 Å². The van der Waals surface area contributed by atoms with Gasteiger partial charge < -0.3 is 10.1 Å². The van der Waals surface area contributed by atoms with Crippen molar-refractivity contribution in [2.45, 2.75) is 38.1 Å². The first-order chi connectivity index (χ1) is 17.0. The molecule has 0 radical (unpaired) electrons. The van der Waals surface area contributed by atoms with Crippen molar-refractivity contribution < 1.29 is 23.9 Å². The lowest BCUT2D eigenvalue weighted by atomic mass is 9.98. The maximum absolute atomic E-state index is 13.1. The minimum Gasteiger partial charge on any atom is -0.381 e. The summed E-state index contributed by atoms with van der Waals surface area (Å²) in [5.74, 6) is -1.29. The largest absolute Gasteiger partial charge is 0.381 e. The van der Waals surface area contributed by atoms with Crippen molar-refractivity contribution in [3.63, 3.8) is 0 Å². The molecule has 35 heavy (non-hydrogen) atoms. The number of piperidine rings is 1. The number of rotatable bonds is 7. The molecule has 2 fully saturated rings. The van der Waals surface area contributed by atoms with Crippen LogP contribution in [0.1, 0.15) is 52.0 Å². The number of nitrogens with one attached hydrogen (secondary N) is 2. The van der Waals surface area contributed by atoms with E-state index in [0.717, 1.165) is 61.6 Å². The normalized spacial score (nSPS) is 20.8. The molecule has 0 bridgehead atoms. The summed E-state index contributed by atoms with van der Waals surface area (Å²) in [6.07, 6.45) is 3.37. The van der Waals surface area contributed by atoms with Gasteiger partial charge in [0.05, 0.1) is 11.1 Å². The Labute approximate surface area is 204 Å². The molecular weight excluding hydrogens is 446 g/mol. The lowest BCUT2D eigenvalue weighted by Gasteiger charge is -2.27. The van der Waals surface area contributed by atoms with Crippen molar-refractivity contribution in [3.05, 3.63) is 59.2 Å². The number of ether oxygens (including phenoxy) is 1. The van der Waals surface area contributed by atoms with Crippen LogP contribution in [0, 0.1) is 5.92 Å². The second-order valence-electron chi connectivity index (χ2n) is 9.42. The number of fused-ring (bicyclic) bond motifs is 1. The number of imide groups is 2. The van der Waals surface area contributed by atoms with Crippen LogP contribution in [0.15, 0.2) is 42.5 Å². The van der Waals surface area contributed by atoms with E-state index < -0.39 is 23.8 Å². The Balaban J connectivity index is 1.26. The first kappa shape index (κ1) is 23.4. The van der Waals surface area contributed by atoms with E-state index >= 15 is 0 Å². The lowest BCUT2D eigenvalue weighted by molar-refractivity contribution is -0.136. The monoisotopic (exact) mass is 475 g/mol. The maximum Gasteiger partial charge on any atom is 0.262 e. The zero-order chi connectivity index (χ0) is 24.4. The molecule has 3 aliphatic rings. The standard InChI is InChI=1S/C27H29N3O5/c31-24-7-6-23(25(32)29-24)30-26(33)21-5-4-20(15-22(21)27(30)34)19-3-1-2-17(14-19)8-11-28-16-18-9-12-35-13-10-18/h1-5,14-15,18,23,28H,6-13,16H2,(H,29,31,32). The summed E-state index contributed by atoms with van der Waals surface area (Å²) in [4.78, 5) is 50.8. The zero-order valence-electron chi connectivity index (χ0n) is 19.5. The number of benzene rings is 2. The van der Waals surface area contributed by atoms with Gasteiger partial charge in [0, 0.05) is 19.6 Å². The van der Waals surface area contributed by atoms with Gasteiger partial charge in [-0.05, 0) is 73.5 Å². The Morgan fingerprint density at radius 3 is 2.49 bits per heavy atom. The van der Waals surface area contributed by atoms with E-state index in [9.17, 15) is 19.2 Å².